The zero-order chi connectivity index (χ0) is 17.8. The number of amides is 2. The maximum atomic E-state index is 12.5. The van der Waals surface area contributed by atoms with Gasteiger partial charge in [-0.3, -0.25) is 9.59 Å². The van der Waals surface area contributed by atoms with Crippen molar-refractivity contribution in [3.63, 3.8) is 0 Å². The van der Waals surface area contributed by atoms with E-state index in [1.807, 2.05) is 12.1 Å². The molecule has 1 N–H and O–H groups in total. The fourth-order valence-corrected chi connectivity index (χ4v) is 3.02. The Labute approximate surface area is 147 Å². The summed E-state index contributed by atoms with van der Waals surface area (Å²) >= 11 is 0. The lowest BCUT2D eigenvalue weighted by atomic mass is 10.1. The predicted molar refractivity (Wildman–Crippen MR) is 94.5 cm³/mol. The zero-order valence-corrected chi connectivity index (χ0v) is 14.7. The van der Waals surface area contributed by atoms with E-state index in [-0.39, 0.29) is 17.9 Å². The molecule has 1 aromatic rings. The average molecular weight is 344 g/mol. The summed E-state index contributed by atoms with van der Waals surface area (Å²) in [6, 6.07) is 5.39. The van der Waals surface area contributed by atoms with Crippen molar-refractivity contribution in [2.75, 3.05) is 20.8 Å². The van der Waals surface area contributed by atoms with E-state index < -0.39 is 0 Å². The number of hydrogen-bond acceptors (Lipinski definition) is 4. The Hall–Kier alpha value is -2.50. The van der Waals surface area contributed by atoms with E-state index >= 15 is 0 Å². The number of benzene rings is 1. The molecule has 2 aliphatic rings. The number of likely N-dealkylation sites (tertiary alicyclic amines) is 1. The summed E-state index contributed by atoms with van der Waals surface area (Å²) < 4.78 is 10.5. The topological polar surface area (TPSA) is 67.9 Å². The molecule has 0 bridgehead atoms. The summed E-state index contributed by atoms with van der Waals surface area (Å²) in [5.74, 6) is 1.16. The first-order valence-corrected chi connectivity index (χ1v) is 8.63. The van der Waals surface area contributed by atoms with Crippen LogP contribution in [0.15, 0.2) is 24.3 Å². The fraction of sp³-hybridized carbons (Fsp3) is 0.474. The minimum atomic E-state index is -0.349. The third kappa shape index (κ3) is 4.32. The van der Waals surface area contributed by atoms with Crippen LogP contribution in [0, 0.1) is 0 Å². The van der Waals surface area contributed by atoms with E-state index in [0.717, 1.165) is 31.2 Å². The molecule has 25 heavy (non-hydrogen) atoms. The lowest BCUT2D eigenvalue weighted by Gasteiger charge is -2.22. The van der Waals surface area contributed by atoms with Crippen molar-refractivity contribution >= 4 is 17.9 Å². The third-order valence-corrected chi connectivity index (χ3v) is 4.55. The van der Waals surface area contributed by atoms with Crippen LogP contribution in [0.3, 0.4) is 0 Å². The molecule has 6 heteroatoms. The molecule has 1 aliphatic heterocycles. The van der Waals surface area contributed by atoms with Crippen molar-refractivity contribution in [3.05, 3.63) is 29.8 Å². The van der Waals surface area contributed by atoms with Crippen LogP contribution in [0.2, 0.25) is 0 Å². The molecule has 0 aromatic heterocycles. The van der Waals surface area contributed by atoms with Gasteiger partial charge in [0.25, 0.3) is 0 Å². The molecule has 1 atom stereocenters. The highest BCUT2D eigenvalue weighted by atomic mass is 16.5. The number of nitrogens with one attached hydrogen (secondary N) is 1. The van der Waals surface area contributed by atoms with Crippen molar-refractivity contribution in [3.8, 4) is 11.5 Å². The fourth-order valence-electron chi connectivity index (χ4n) is 3.02. The number of carbonyl (C=O) groups is 2. The van der Waals surface area contributed by atoms with E-state index in [9.17, 15) is 9.59 Å². The van der Waals surface area contributed by atoms with Gasteiger partial charge in [0, 0.05) is 24.7 Å². The van der Waals surface area contributed by atoms with Crippen LogP contribution in [0.5, 0.6) is 11.5 Å². The molecule has 134 valence electrons. The molecular formula is C19H24N2O4. The van der Waals surface area contributed by atoms with E-state index in [4.69, 9.17) is 9.47 Å². The summed E-state index contributed by atoms with van der Waals surface area (Å²) in [5.41, 5.74) is 0.808. The number of methoxy groups -OCH3 is 2. The summed E-state index contributed by atoms with van der Waals surface area (Å²) in [4.78, 5) is 26.5. The van der Waals surface area contributed by atoms with Gasteiger partial charge in [0.15, 0.2) is 0 Å². The van der Waals surface area contributed by atoms with Crippen LogP contribution < -0.4 is 14.8 Å². The summed E-state index contributed by atoms with van der Waals surface area (Å²) in [7, 11) is 3.17. The van der Waals surface area contributed by atoms with Crippen molar-refractivity contribution in [1.29, 1.82) is 0 Å². The van der Waals surface area contributed by atoms with Crippen molar-refractivity contribution in [2.45, 2.75) is 37.8 Å². The molecule has 1 aliphatic carbocycles. The smallest absolute Gasteiger partial charge is 0.247 e. The maximum absolute atomic E-state index is 12.5. The van der Waals surface area contributed by atoms with Gasteiger partial charge < -0.3 is 19.7 Å². The highest BCUT2D eigenvalue weighted by Crippen LogP contribution is 2.25. The van der Waals surface area contributed by atoms with Crippen molar-refractivity contribution in [1.82, 2.24) is 10.2 Å². The van der Waals surface area contributed by atoms with Gasteiger partial charge in [-0.15, -0.1) is 0 Å². The zero-order valence-electron chi connectivity index (χ0n) is 14.7. The summed E-state index contributed by atoms with van der Waals surface area (Å²) in [5, 5.41) is 2.99. The van der Waals surface area contributed by atoms with Gasteiger partial charge in [-0.1, -0.05) is 0 Å². The van der Waals surface area contributed by atoms with Gasteiger partial charge in [0.05, 0.1) is 14.2 Å². The standard InChI is InChI=1S/C19H24N2O4/c1-24-15-10-13(11-16(12-15)25-2)5-8-18(22)21-9-3-4-17(21)19(23)20-14-6-7-14/h5,8,10-12,14,17H,3-4,6-7,9H2,1-2H3,(H,20,23)/b8-5-/t17-/m1/s1. The first-order chi connectivity index (χ1) is 12.1. The lowest BCUT2D eigenvalue weighted by Crippen LogP contribution is -2.46. The summed E-state index contributed by atoms with van der Waals surface area (Å²) in [6.07, 6.45) is 6.91. The van der Waals surface area contributed by atoms with Gasteiger partial charge in [0.1, 0.15) is 17.5 Å². The number of rotatable bonds is 6. The number of hydrogen-bond donors (Lipinski definition) is 1. The average Bonchev–Trinajstić information content (AvgIpc) is 3.30. The van der Waals surface area contributed by atoms with E-state index in [2.05, 4.69) is 5.32 Å². The molecule has 0 spiro atoms. The van der Waals surface area contributed by atoms with Crippen LogP contribution >= 0.6 is 0 Å². The van der Waals surface area contributed by atoms with Crippen LogP contribution in [0.1, 0.15) is 31.2 Å². The molecule has 0 unspecified atom stereocenters. The molecule has 2 fully saturated rings. The molecule has 1 saturated carbocycles. The first kappa shape index (κ1) is 17.3. The molecule has 1 saturated heterocycles. The number of carbonyl (C=O) groups excluding carboxylic acids is 2. The Morgan fingerprint density at radius 2 is 1.80 bits per heavy atom. The predicted octanol–water partition coefficient (Wildman–Crippen LogP) is 1.99. The second-order valence-electron chi connectivity index (χ2n) is 6.45. The van der Waals surface area contributed by atoms with E-state index in [1.165, 1.54) is 6.08 Å². The SMILES string of the molecule is COc1cc(/C=C\C(=O)N2CCC[C@@H]2C(=O)NC2CC2)cc(OC)c1. The highest BCUT2D eigenvalue weighted by Gasteiger charge is 2.35. The second-order valence-corrected chi connectivity index (χ2v) is 6.45. The maximum Gasteiger partial charge on any atom is 0.247 e. The molecule has 3 rings (SSSR count). The minimum absolute atomic E-state index is 0.0233. The number of ether oxygens (including phenoxy) is 2. The van der Waals surface area contributed by atoms with Gasteiger partial charge >= 0.3 is 0 Å². The molecule has 1 heterocycles. The molecule has 1 aromatic carbocycles. The van der Waals surface area contributed by atoms with Crippen molar-refractivity contribution < 1.29 is 19.1 Å². The first-order valence-electron chi connectivity index (χ1n) is 8.63. The van der Waals surface area contributed by atoms with Crippen molar-refractivity contribution in [2.24, 2.45) is 0 Å². The lowest BCUT2D eigenvalue weighted by molar-refractivity contribution is -0.135. The second kappa shape index (κ2) is 7.59. The Balaban J connectivity index is 1.68. The third-order valence-electron chi connectivity index (χ3n) is 4.55. The van der Waals surface area contributed by atoms with Gasteiger partial charge in [-0.25, -0.2) is 0 Å². The molecule has 2 amide bonds. The van der Waals surface area contributed by atoms with Gasteiger partial charge in [0.2, 0.25) is 11.8 Å². The van der Waals surface area contributed by atoms with Crippen LogP contribution in [-0.4, -0.2) is 49.6 Å². The van der Waals surface area contributed by atoms with E-state index in [0.29, 0.717) is 24.1 Å². The number of nitrogens with zero attached hydrogens (tertiary/aromatic N) is 1. The molecule has 6 nitrogen and oxygen atoms in total. The normalized spacial score (nSPS) is 19.9. The summed E-state index contributed by atoms with van der Waals surface area (Å²) in [6.45, 7) is 0.618. The largest absolute Gasteiger partial charge is 0.497 e. The Morgan fingerprint density at radius 1 is 1.12 bits per heavy atom. The van der Waals surface area contributed by atoms with Crippen LogP contribution in [0.4, 0.5) is 0 Å². The minimum Gasteiger partial charge on any atom is -0.497 e. The van der Waals surface area contributed by atoms with E-state index in [1.54, 1.807) is 31.3 Å². The monoisotopic (exact) mass is 344 g/mol. The Morgan fingerprint density at radius 3 is 2.40 bits per heavy atom. The van der Waals surface area contributed by atoms with Crippen LogP contribution in [-0.2, 0) is 9.59 Å². The van der Waals surface area contributed by atoms with Gasteiger partial charge in [-0.05, 0) is 49.5 Å². The Bertz CT molecular complexity index is 660. The Kier molecular flexibility index (Phi) is 5.26. The molecular weight excluding hydrogens is 320 g/mol. The van der Waals surface area contributed by atoms with Gasteiger partial charge in [-0.2, -0.15) is 0 Å². The quantitative estimate of drug-likeness (QED) is 0.802. The van der Waals surface area contributed by atoms with Crippen LogP contribution in [0.25, 0.3) is 6.08 Å². The highest BCUT2D eigenvalue weighted by molar-refractivity contribution is 5.96. The molecule has 0 radical (unpaired) electrons.